The maximum absolute atomic E-state index is 11.6. The zero-order valence-electron chi connectivity index (χ0n) is 15.4. The second-order valence-electron chi connectivity index (χ2n) is 6.36. The fraction of sp³-hybridized carbons (Fsp3) is 1.00. The van der Waals surface area contributed by atoms with Crippen LogP contribution in [0, 0.1) is 0 Å². The lowest BCUT2D eigenvalue weighted by Crippen LogP contribution is -2.10. The average Bonchev–Trinajstić information content (AvgIpc) is 2.52. The molecule has 0 saturated heterocycles. The molecule has 0 radical (unpaired) electrons. The molecule has 23 heavy (non-hydrogen) atoms. The molecular weight excluding hydrogens is 311 g/mol. The first-order valence-corrected chi connectivity index (χ1v) is 11.2. The first-order valence-electron chi connectivity index (χ1n) is 9.72. The van der Waals surface area contributed by atoms with Crippen LogP contribution in [0.1, 0.15) is 104 Å². The van der Waals surface area contributed by atoms with E-state index in [9.17, 15) is 9.46 Å². The molecule has 1 atom stereocenters. The molecule has 0 rings (SSSR count). The summed E-state index contributed by atoms with van der Waals surface area (Å²) in [6.45, 7) is 4.91. The minimum atomic E-state index is -4.07. The van der Waals surface area contributed by atoms with Gasteiger partial charge >= 0.3 is 0 Å². The molecule has 0 aliphatic rings. The average molecular weight is 349 g/mol. The van der Waals surface area contributed by atoms with E-state index >= 15 is 0 Å². The first kappa shape index (κ1) is 23.1. The Morgan fingerprint density at radius 3 is 1.26 bits per heavy atom. The number of phosphoric ester groups is 1. The number of unbranched alkanes of at least 4 members (excludes halogenated alkanes) is 12. The van der Waals surface area contributed by atoms with Crippen LogP contribution in [-0.2, 0) is 13.6 Å². The topological polar surface area (TPSA) is 58.6 Å². The van der Waals surface area contributed by atoms with E-state index in [4.69, 9.17) is 9.05 Å². The molecule has 0 bridgehead atoms. The van der Waals surface area contributed by atoms with Crippen LogP contribution < -0.4 is 4.89 Å². The van der Waals surface area contributed by atoms with Crippen LogP contribution in [0.4, 0.5) is 0 Å². The maximum atomic E-state index is 11.6. The van der Waals surface area contributed by atoms with E-state index in [0.29, 0.717) is 0 Å². The second-order valence-corrected chi connectivity index (χ2v) is 7.77. The Bertz CT molecular complexity index is 284. The third-order valence-corrected chi connectivity index (χ3v) is 4.99. The zero-order chi connectivity index (χ0) is 17.2. The van der Waals surface area contributed by atoms with Gasteiger partial charge in [0.05, 0.1) is 13.2 Å². The first-order chi connectivity index (χ1) is 11.1. The van der Waals surface area contributed by atoms with Gasteiger partial charge in [0.25, 0.3) is 7.82 Å². The van der Waals surface area contributed by atoms with Crippen LogP contribution in [0.3, 0.4) is 0 Å². The minimum absolute atomic E-state index is 0.254. The fourth-order valence-electron chi connectivity index (χ4n) is 2.51. The van der Waals surface area contributed by atoms with Crippen LogP contribution in [0.2, 0.25) is 0 Å². The molecule has 0 aromatic rings. The standard InChI is InChI=1S/C18H39O4P/c1-3-5-7-9-11-12-14-16-18-22-23(19,20)21-17-15-13-10-8-6-4-2/h3-18H2,1-2H3,(H,19,20)/p-1. The van der Waals surface area contributed by atoms with E-state index in [1.807, 2.05) is 0 Å². The summed E-state index contributed by atoms with van der Waals surface area (Å²) in [5.74, 6) is 0. The summed E-state index contributed by atoms with van der Waals surface area (Å²) >= 11 is 0. The van der Waals surface area contributed by atoms with Crippen molar-refractivity contribution < 1.29 is 18.5 Å². The minimum Gasteiger partial charge on any atom is -0.756 e. The Labute approximate surface area is 144 Å². The number of phosphoric acid groups is 1. The van der Waals surface area contributed by atoms with Gasteiger partial charge in [-0.25, -0.2) is 0 Å². The number of hydrogen-bond donors (Lipinski definition) is 0. The zero-order valence-corrected chi connectivity index (χ0v) is 16.3. The highest BCUT2D eigenvalue weighted by atomic mass is 31.2. The smallest absolute Gasteiger partial charge is 0.267 e. The molecule has 1 unspecified atom stereocenters. The van der Waals surface area contributed by atoms with Crippen LogP contribution in [0.25, 0.3) is 0 Å². The molecule has 0 saturated carbocycles. The SMILES string of the molecule is CCCCCCCCCCOP(=O)([O-])OCCCCCCCC. The molecular formula is C18H38O4P-. The number of hydrogen-bond acceptors (Lipinski definition) is 4. The summed E-state index contributed by atoms with van der Waals surface area (Å²) in [5, 5.41) is 0. The molecule has 0 aromatic carbocycles. The van der Waals surface area contributed by atoms with Gasteiger partial charge in [-0.15, -0.1) is 0 Å². The summed E-state index contributed by atoms with van der Waals surface area (Å²) in [5.41, 5.74) is 0. The van der Waals surface area contributed by atoms with Gasteiger partial charge in [0.1, 0.15) is 0 Å². The van der Waals surface area contributed by atoms with Gasteiger partial charge in [-0.2, -0.15) is 0 Å². The molecule has 0 N–H and O–H groups in total. The molecule has 0 aromatic heterocycles. The van der Waals surface area contributed by atoms with Crippen molar-refractivity contribution in [1.29, 1.82) is 0 Å². The van der Waals surface area contributed by atoms with Gasteiger partial charge in [-0.1, -0.05) is 90.9 Å². The predicted octanol–water partition coefficient (Wildman–Crippen LogP) is 5.99. The van der Waals surface area contributed by atoms with Gasteiger partial charge in [0, 0.05) is 0 Å². The Kier molecular flexibility index (Phi) is 17.0. The van der Waals surface area contributed by atoms with Gasteiger partial charge in [-0.3, -0.25) is 4.57 Å². The van der Waals surface area contributed by atoms with Crippen molar-refractivity contribution in [3.8, 4) is 0 Å². The molecule has 0 fully saturated rings. The molecule has 0 spiro atoms. The normalized spacial score (nSPS) is 14.0. The van der Waals surface area contributed by atoms with E-state index in [1.54, 1.807) is 0 Å². The van der Waals surface area contributed by atoms with Crippen molar-refractivity contribution in [3.63, 3.8) is 0 Å². The summed E-state index contributed by atoms with van der Waals surface area (Å²) in [7, 11) is -4.07. The Balaban J connectivity index is 3.35. The Hall–Kier alpha value is 0.110. The lowest BCUT2D eigenvalue weighted by molar-refractivity contribution is -0.225. The molecule has 0 amide bonds. The third kappa shape index (κ3) is 18.3. The highest BCUT2D eigenvalue weighted by Gasteiger charge is 2.08. The quantitative estimate of drug-likeness (QED) is 0.225. The summed E-state index contributed by atoms with van der Waals surface area (Å²) < 4.78 is 21.3. The fourth-order valence-corrected chi connectivity index (χ4v) is 3.29. The van der Waals surface area contributed by atoms with Crippen molar-refractivity contribution in [2.45, 2.75) is 104 Å². The Morgan fingerprint density at radius 1 is 0.609 bits per heavy atom. The van der Waals surface area contributed by atoms with Crippen LogP contribution in [0.5, 0.6) is 0 Å². The van der Waals surface area contributed by atoms with E-state index in [0.717, 1.165) is 38.5 Å². The highest BCUT2D eigenvalue weighted by molar-refractivity contribution is 7.45. The molecule has 5 heteroatoms. The van der Waals surface area contributed by atoms with Gasteiger partial charge in [-0.05, 0) is 12.8 Å². The van der Waals surface area contributed by atoms with E-state index in [1.165, 1.54) is 51.4 Å². The lowest BCUT2D eigenvalue weighted by Gasteiger charge is -2.22. The van der Waals surface area contributed by atoms with Gasteiger partial charge in [0.2, 0.25) is 0 Å². The van der Waals surface area contributed by atoms with Crippen molar-refractivity contribution in [3.05, 3.63) is 0 Å². The third-order valence-electron chi connectivity index (χ3n) is 3.99. The highest BCUT2D eigenvalue weighted by Crippen LogP contribution is 2.38. The Morgan fingerprint density at radius 2 is 0.913 bits per heavy atom. The monoisotopic (exact) mass is 349 g/mol. The van der Waals surface area contributed by atoms with Crippen molar-refractivity contribution in [2.75, 3.05) is 13.2 Å². The van der Waals surface area contributed by atoms with E-state index < -0.39 is 7.82 Å². The largest absolute Gasteiger partial charge is 0.756 e. The van der Waals surface area contributed by atoms with Crippen molar-refractivity contribution in [2.24, 2.45) is 0 Å². The van der Waals surface area contributed by atoms with E-state index in [2.05, 4.69) is 13.8 Å². The molecule has 0 heterocycles. The van der Waals surface area contributed by atoms with Gasteiger partial charge < -0.3 is 13.9 Å². The van der Waals surface area contributed by atoms with Crippen LogP contribution >= 0.6 is 7.82 Å². The summed E-state index contributed by atoms with van der Waals surface area (Å²) in [6, 6.07) is 0. The second kappa shape index (κ2) is 17.0. The van der Waals surface area contributed by atoms with Crippen LogP contribution in [-0.4, -0.2) is 13.2 Å². The molecule has 0 aliphatic carbocycles. The molecule has 4 nitrogen and oxygen atoms in total. The van der Waals surface area contributed by atoms with E-state index in [-0.39, 0.29) is 13.2 Å². The summed E-state index contributed by atoms with van der Waals surface area (Å²) in [4.78, 5) is 11.6. The molecule has 0 aliphatic heterocycles. The summed E-state index contributed by atoms with van der Waals surface area (Å²) in [6.07, 6.45) is 16.1. The molecule has 140 valence electrons. The number of rotatable bonds is 18. The van der Waals surface area contributed by atoms with Crippen molar-refractivity contribution in [1.82, 2.24) is 0 Å². The van der Waals surface area contributed by atoms with Gasteiger partial charge in [0.15, 0.2) is 0 Å². The van der Waals surface area contributed by atoms with Crippen LogP contribution in [0.15, 0.2) is 0 Å². The predicted molar refractivity (Wildman–Crippen MR) is 95.5 cm³/mol. The van der Waals surface area contributed by atoms with Crippen molar-refractivity contribution >= 4 is 7.82 Å². The maximum Gasteiger partial charge on any atom is 0.267 e. The lowest BCUT2D eigenvalue weighted by atomic mass is 10.1.